The molecule has 2 fully saturated rings. The van der Waals surface area contributed by atoms with Gasteiger partial charge in [0.25, 0.3) is 0 Å². The molecule has 2 aromatic heterocycles. The lowest BCUT2D eigenvalue weighted by Crippen LogP contribution is -2.47. The van der Waals surface area contributed by atoms with Gasteiger partial charge in [0.1, 0.15) is 5.82 Å². The number of hydrogen-bond acceptors (Lipinski definition) is 4. The van der Waals surface area contributed by atoms with Gasteiger partial charge in [-0.2, -0.15) is 5.10 Å². The maximum atomic E-state index is 12.1. The third-order valence-electron chi connectivity index (χ3n) is 5.87. The highest BCUT2D eigenvalue weighted by atomic mass is 16.2. The Morgan fingerprint density at radius 1 is 1.15 bits per heavy atom. The minimum atomic E-state index is 0.0605. The zero-order chi connectivity index (χ0) is 17.7. The highest BCUT2D eigenvalue weighted by molar-refractivity contribution is 5.93. The molecule has 26 heavy (non-hydrogen) atoms. The van der Waals surface area contributed by atoms with Crippen molar-refractivity contribution in [1.82, 2.24) is 29.1 Å². The second kappa shape index (κ2) is 6.12. The fourth-order valence-corrected chi connectivity index (χ4v) is 4.23. The molecule has 0 radical (unpaired) electrons. The van der Waals surface area contributed by atoms with Gasteiger partial charge in [0.2, 0.25) is 0 Å². The Kier molecular flexibility index (Phi) is 3.74. The molecule has 5 heterocycles. The number of likely N-dealkylation sites (tertiary alicyclic amines) is 1. The Morgan fingerprint density at radius 2 is 2.04 bits per heavy atom. The van der Waals surface area contributed by atoms with Gasteiger partial charge < -0.3 is 9.47 Å². The molecule has 0 aliphatic carbocycles. The van der Waals surface area contributed by atoms with Crippen molar-refractivity contribution in [3.8, 4) is 0 Å². The largest absolute Gasteiger partial charge is 0.331 e. The minimum absolute atomic E-state index is 0.0605. The molecule has 0 atom stereocenters. The van der Waals surface area contributed by atoms with Crippen LogP contribution in [0.2, 0.25) is 0 Å². The van der Waals surface area contributed by atoms with E-state index in [2.05, 4.69) is 25.7 Å². The number of imidazole rings is 1. The molecule has 0 saturated carbocycles. The van der Waals surface area contributed by atoms with Crippen molar-refractivity contribution >= 4 is 11.7 Å². The number of hydrogen-bond donors (Lipinski definition) is 0. The number of aryl methyl sites for hydroxylation is 1. The van der Waals surface area contributed by atoms with Gasteiger partial charge >= 0.3 is 6.03 Å². The van der Waals surface area contributed by atoms with E-state index in [-0.39, 0.29) is 6.03 Å². The average Bonchev–Trinajstić information content (AvgIpc) is 3.31. The van der Waals surface area contributed by atoms with E-state index in [1.807, 2.05) is 24.1 Å². The second-order valence-electron chi connectivity index (χ2n) is 7.66. The predicted octanol–water partition coefficient (Wildman–Crippen LogP) is 1.34. The van der Waals surface area contributed by atoms with Crippen LogP contribution in [-0.2, 0) is 19.5 Å². The van der Waals surface area contributed by atoms with E-state index in [0.29, 0.717) is 6.04 Å². The first-order chi connectivity index (χ1) is 12.7. The van der Waals surface area contributed by atoms with Crippen molar-refractivity contribution in [2.24, 2.45) is 0 Å². The molecule has 2 saturated heterocycles. The quantitative estimate of drug-likeness (QED) is 0.830. The van der Waals surface area contributed by atoms with Crippen LogP contribution in [0.15, 0.2) is 18.6 Å². The summed E-state index contributed by atoms with van der Waals surface area (Å²) in [5, 5.41) is 4.50. The van der Waals surface area contributed by atoms with Gasteiger partial charge in [0.15, 0.2) is 0 Å². The van der Waals surface area contributed by atoms with Gasteiger partial charge in [-0.25, -0.2) is 9.78 Å². The highest BCUT2D eigenvalue weighted by Gasteiger charge is 2.32. The van der Waals surface area contributed by atoms with Crippen molar-refractivity contribution in [1.29, 1.82) is 0 Å². The normalized spacial score (nSPS) is 21.3. The van der Waals surface area contributed by atoms with Gasteiger partial charge in [-0.15, -0.1) is 0 Å². The molecule has 3 aliphatic rings. The van der Waals surface area contributed by atoms with E-state index < -0.39 is 0 Å². The van der Waals surface area contributed by atoms with Crippen LogP contribution in [0, 0.1) is 0 Å². The molecule has 0 N–H and O–H groups in total. The van der Waals surface area contributed by atoms with E-state index in [1.54, 1.807) is 9.80 Å². The van der Waals surface area contributed by atoms with Gasteiger partial charge in [0.05, 0.1) is 23.6 Å². The number of urea groups is 1. The molecule has 0 spiro atoms. The highest BCUT2D eigenvalue weighted by Crippen LogP contribution is 2.27. The van der Waals surface area contributed by atoms with Crippen LogP contribution in [0.1, 0.15) is 30.4 Å². The van der Waals surface area contributed by atoms with Gasteiger partial charge in [-0.1, -0.05) is 0 Å². The van der Waals surface area contributed by atoms with Crippen LogP contribution in [0.5, 0.6) is 0 Å². The van der Waals surface area contributed by atoms with E-state index in [9.17, 15) is 4.79 Å². The van der Waals surface area contributed by atoms with Crippen molar-refractivity contribution in [2.75, 3.05) is 38.1 Å². The van der Waals surface area contributed by atoms with Gasteiger partial charge in [-0.3, -0.25) is 14.5 Å². The third kappa shape index (κ3) is 2.59. The maximum absolute atomic E-state index is 12.1. The molecule has 0 bridgehead atoms. The standard InChI is InChI=1S/C18H25N7O/c1-21-6-7-24(18(21)26)15-9-20-25(13-15)16-11-22(12-16)10-14-8-19-17-4-2-3-5-23(14)17/h8-9,13,16H,2-7,10-12H2,1H3. The lowest BCUT2D eigenvalue weighted by molar-refractivity contribution is 0.0880. The Morgan fingerprint density at radius 3 is 2.85 bits per heavy atom. The first-order valence-electron chi connectivity index (χ1n) is 9.51. The summed E-state index contributed by atoms with van der Waals surface area (Å²) < 4.78 is 4.42. The first kappa shape index (κ1) is 15.9. The number of amides is 2. The Labute approximate surface area is 153 Å². The molecule has 2 amide bonds. The Hall–Kier alpha value is -2.35. The number of nitrogens with zero attached hydrogens (tertiary/aromatic N) is 7. The van der Waals surface area contributed by atoms with Gasteiger partial charge in [-0.05, 0) is 12.8 Å². The van der Waals surface area contributed by atoms with Crippen molar-refractivity contribution in [3.05, 3.63) is 30.1 Å². The molecule has 0 aromatic carbocycles. The first-order valence-corrected chi connectivity index (χ1v) is 9.51. The maximum Gasteiger partial charge on any atom is 0.324 e. The summed E-state index contributed by atoms with van der Waals surface area (Å²) in [7, 11) is 1.84. The van der Waals surface area contributed by atoms with Crippen molar-refractivity contribution in [3.63, 3.8) is 0 Å². The monoisotopic (exact) mass is 355 g/mol. The summed E-state index contributed by atoms with van der Waals surface area (Å²) >= 11 is 0. The smallest absolute Gasteiger partial charge is 0.324 e. The number of rotatable bonds is 4. The Balaban J connectivity index is 1.20. The third-order valence-corrected chi connectivity index (χ3v) is 5.87. The fourth-order valence-electron chi connectivity index (χ4n) is 4.23. The zero-order valence-electron chi connectivity index (χ0n) is 15.2. The SMILES string of the molecule is CN1CCN(c2cnn(C3CN(Cc4cnc5n4CCCC5)C3)c2)C1=O. The Bertz CT molecular complexity index is 819. The van der Waals surface area contributed by atoms with E-state index >= 15 is 0 Å². The topological polar surface area (TPSA) is 62.4 Å². The minimum Gasteiger partial charge on any atom is -0.331 e. The number of fused-ring (bicyclic) bond motifs is 1. The molecule has 5 rings (SSSR count). The number of carbonyl (C=O) groups is 1. The predicted molar refractivity (Wildman–Crippen MR) is 97.1 cm³/mol. The molecule has 2 aromatic rings. The van der Waals surface area contributed by atoms with Crippen molar-refractivity contribution < 1.29 is 4.79 Å². The second-order valence-corrected chi connectivity index (χ2v) is 7.66. The molecular weight excluding hydrogens is 330 g/mol. The average molecular weight is 355 g/mol. The molecule has 3 aliphatic heterocycles. The number of likely N-dealkylation sites (N-methyl/N-ethyl adjacent to an activating group) is 1. The molecule has 0 unspecified atom stereocenters. The fraction of sp³-hybridized carbons (Fsp3) is 0.611. The van der Waals surface area contributed by atoms with E-state index in [1.165, 1.54) is 24.4 Å². The summed E-state index contributed by atoms with van der Waals surface area (Å²) in [6.45, 7) is 5.59. The number of aromatic nitrogens is 4. The summed E-state index contributed by atoms with van der Waals surface area (Å²) in [6.07, 6.45) is 9.52. The zero-order valence-corrected chi connectivity index (χ0v) is 15.2. The molecule has 138 valence electrons. The van der Waals surface area contributed by atoms with Crippen molar-refractivity contribution in [2.45, 2.75) is 38.4 Å². The van der Waals surface area contributed by atoms with Crippen LogP contribution in [0.25, 0.3) is 0 Å². The van der Waals surface area contributed by atoms with Crippen LogP contribution in [0.3, 0.4) is 0 Å². The van der Waals surface area contributed by atoms with E-state index in [0.717, 1.165) is 51.4 Å². The van der Waals surface area contributed by atoms with Crippen LogP contribution >= 0.6 is 0 Å². The van der Waals surface area contributed by atoms with Crippen LogP contribution < -0.4 is 4.90 Å². The number of carbonyl (C=O) groups excluding carboxylic acids is 1. The molecule has 8 heteroatoms. The summed E-state index contributed by atoms with van der Waals surface area (Å²) in [5.74, 6) is 1.25. The van der Waals surface area contributed by atoms with Crippen LogP contribution in [-0.4, -0.2) is 68.4 Å². The summed E-state index contributed by atoms with van der Waals surface area (Å²) in [5.41, 5.74) is 2.24. The summed E-state index contributed by atoms with van der Waals surface area (Å²) in [6, 6.07) is 0.452. The number of anilines is 1. The summed E-state index contributed by atoms with van der Waals surface area (Å²) in [4.78, 5) is 22.7. The lowest BCUT2D eigenvalue weighted by Gasteiger charge is -2.39. The van der Waals surface area contributed by atoms with Crippen LogP contribution in [0.4, 0.5) is 10.5 Å². The van der Waals surface area contributed by atoms with Gasteiger partial charge in [0, 0.05) is 65.1 Å². The molecular formula is C18H25N7O. The lowest BCUT2D eigenvalue weighted by atomic mass is 10.1. The molecule has 8 nitrogen and oxygen atoms in total. The van der Waals surface area contributed by atoms with E-state index in [4.69, 9.17) is 0 Å².